The number of aliphatic hydroxyl groups excluding tert-OH is 1. The predicted octanol–water partition coefficient (Wildman–Crippen LogP) is 1.22. The molecule has 16 heavy (non-hydrogen) atoms. The molecule has 4 nitrogen and oxygen atoms in total. The van der Waals surface area contributed by atoms with Gasteiger partial charge < -0.3 is 5.11 Å². The molecule has 2 rings (SSSR count). The lowest BCUT2D eigenvalue weighted by Gasteiger charge is -2.08. The molecule has 84 valence electrons. The van der Waals surface area contributed by atoms with Crippen LogP contribution >= 0.6 is 0 Å². The van der Waals surface area contributed by atoms with Gasteiger partial charge in [0.05, 0.1) is 17.2 Å². The third kappa shape index (κ3) is 1.75. The van der Waals surface area contributed by atoms with Crippen molar-refractivity contribution in [1.82, 2.24) is 3.97 Å². The smallest absolute Gasteiger partial charge is 0.267 e. The quantitative estimate of drug-likeness (QED) is 0.818. The highest BCUT2D eigenvalue weighted by Crippen LogP contribution is 2.15. The standard InChI is InChI=1S/C11H11NO3S/c13-9-10-5-4-8-12(10)16(14,15)11-6-2-1-3-7-11/h1-8,13H,9H2/i9+1. The lowest BCUT2D eigenvalue weighted by molar-refractivity contribution is 0.275. The lowest BCUT2D eigenvalue weighted by atomic mass is 10.4. The van der Waals surface area contributed by atoms with Gasteiger partial charge in [-0.05, 0) is 24.3 Å². The van der Waals surface area contributed by atoms with Crippen LogP contribution in [0.5, 0.6) is 0 Å². The van der Waals surface area contributed by atoms with E-state index >= 15 is 0 Å². The predicted molar refractivity (Wildman–Crippen MR) is 59.4 cm³/mol. The molecular weight excluding hydrogens is 227 g/mol. The topological polar surface area (TPSA) is 59.3 Å². The van der Waals surface area contributed by atoms with E-state index in [1.54, 1.807) is 30.3 Å². The third-order valence-electron chi connectivity index (χ3n) is 2.26. The van der Waals surface area contributed by atoms with Crippen molar-refractivity contribution >= 4 is 10.0 Å². The van der Waals surface area contributed by atoms with Crippen LogP contribution in [-0.4, -0.2) is 17.5 Å². The molecule has 0 amide bonds. The van der Waals surface area contributed by atoms with Gasteiger partial charge in [-0.2, -0.15) is 0 Å². The molecule has 1 aromatic carbocycles. The summed E-state index contributed by atoms with van der Waals surface area (Å²) in [6, 6.07) is 11.3. The molecule has 1 aromatic heterocycles. The Labute approximate surface area is 93.8 Å². The van der Waals surface area contributed by atoms with Gasteiger partial charge in [-0.15, -0.1) is 0 Å². The summed E-state index contributed by atoms with van der Waals surface area (Å²) in [7, 11) is -3.58. The van der Waals surface area contributed by atoms with E-state index in [-0.39, 0.29) is 11.5 Å². The van der Waals surface area contributed by atoms with Crippen molar-refractivity contribution in [2.45, 2.75) is 11.5 Å². The van der Waals surface area contributed by atoms with Gasteiger partial charge in [0.1, 0.15) is 0 Å². The van der Waals surface area contributed by atoms with E-state index in [4.69, 9.17) is 5.11 Å². The van der Waals surface area contributed by atoms with Crippen LogP contribution in [0.2, 0.25) is 0 Å². The maximum Gasteiger partial charge on any atom is 0.267 e. The molecule has 0 radical (unpaired) electrons. The molecule has 0 aliphatic rings. The number of aliphatic hydroxyl groups is 1. The van der Waals surface area contributed by atoms with E-state index in [9.17, 15) is 8.42 Å². The summed E-state index contributed by atoms with van der Waals surface area (Å²) in [4.78, 5) is 0.209. The zero-order valence-electron chi connectivity index (χ0n) is 8.45. The summed E-state index contributed by atoms with van der Waals surface area (Å²) in [5.74, 6) is 0. The monoisotopic (exact) mass is 238 g/mol. The molecule has 0 saturated carbocycles. The first-order chi connectivity index (χ1) is 7.66. The first kappa shape index (κ1) is 10.9. The van der Waals surface area contributed by atoms with Gasteiger partial charge in [0, 0.05) is 6.20 Å². The Morgan fingerprint density at radius 2 is 1.75 bits per heavy atom. The molecule has 1 heterocycles. The zero-order valence-corrected chi connectivity index (χ0v) is 9.26. The normalized spacial score (nSPS) is 11.6. The van der Waals surface area contributed by atoms with Crippen molar-refractivity contribution in [2.24, 2.45) is 0 Å². The van der Waals surface area contributed by atoms with Crippen molar-refractivity contribution in [2.75, 3.05) is 0 Å². The van der Waals surface area contributed by atoms with Crippen LogP contribution < -0.4 is 0 Å². The first-order valence-corrected chi connectivity index (χ1v) is 6.18. The second-order valence-electron chi connectivity index (χ2n) is 3.27. The fourth-order valence-corrected chi connectivity index (χ4v) is 2.85. The van der Waals surface area contributed by atoms with E-state index in [1.165, 1.54) is 18.3 Å². The van der Waals surface area contributed by atoms with Crippen LogP contribution in [0, 0.1) is 0 Å². The van der Waals surface area contributed by atoms with Gasteiger partial charge in [0.15, 0.2) is 0 Å². The second kappa shape index (κ2) is 4.11. The van der Waals surface area contributed by atoms with Gasteiger partial charge in [-0.3, -0.25) is 0 Å². The van der Waals surface area contributed by atoms with E-state index < -0.39 is 10.0 Å². The Morgan fingerprint density at radius 1 is 1.06 bits per heavy atom. The van der Waals surface area contributed by atoms with E-state index in [0.29, 0.717) is 5.69 Å². The summed E-state index contributed by atoms with van der Waals surface area (Å²) in [5.41, 5.74) is 0.351. The van der Waals surface area contributed by atoms with Crippen LogP contribution in [0.25, 0.3) is 0 Å². The summed E-state index contributed by atoms with van der Waals surface area (Å²) < 4.78 is 25.3. The first-order valence-electron chi connectivity index (χ1n) is 4.74. The molecule has 5 heteroatoms. The van der Waals surface area contributed by atoms with Gasteiger partial charge in [0.25, 0.3) is 10.0 Å². The van der Waals surface area contributed by atoms with Crippen LogP contribution in [0.3, 0.4) is 0 Å². The highest BCUT2D eigenvalue weighted by molar-refractivity contribution is 7.90. The van der Waals surface area contributed by atoms with E-state index in [0.717, 1.165) is 3.97 Å². The van der Waals surface area contributed by atoms with Crippen LogP contribution in [0.1, 0.15) is 5.69 Å². The Balaban J connectivity index is 2.56. The Morgan fingerprint density at radius 3 is 2.38 bits per heavy atom. The average Bonchev–Trinajstić information content (AvgIpc) is 2.79. The largest absolute Gasteiger partial charge is 0.390 e. The molecule has 2 aromatic rings. The van der Waals surface area contributed by atoms with Crippen LogP contribution in [-0.2, 0) is 16.6 Å². The minimum atomic E-state index is -3.58. The van der Waals surface area contributed by atoms with Crippen LogP contribution in [0.4, 0.5) is 0 Å². The number of aromatic nitrogens is 1. The maximum absolute atomic E-state index is 12.1. The van der Waals surface area contributed by atoms with Crippen molar-refractivity contribution in [3.8, 4) is 0 Å². The van der Waals surface area contributed by atoms with Crippen molar-refractivity contribution in [3.63, 3.8) is 0 Å². The van der Waals surface area contributed by atoms with Crippen LogP contribution in [0.15, 0.2) is 53.6 Å². The van der Waals surface area contributed by atoms with Gasteiger partial charge >= 0.3 is 0 Å². The molecule has 0 aliphatic heterocycles. The SMILES string of the molecule is O=S(=O)(c1ccccc1)n1cccc1[13CH2]O. The highest BCUT2D eigenvalue weighted by atomic mass is 32.2. The van der Waals surface area contributed by atoms with E-state index in [1.807, 2.05) is 0 Å². The average molecular weight is 238 g/mol. The second-order valence-corrected chi connectivity index (χ2v) is 5.09. The van der Waals surface area contributed by atoms with Crippen molar-refractivity contribution < 1.29 is 13.5 Å². The summed E-state index contributed by atoms with van der Waals surface area (Å²) >= 11 is 0. The molecule has 0 aliphatic carbocycles. The third-order valence-corrected chi connectivity index (χ3v) is 4.00. The molecule has 1 N–H and O–H groups in total. The Kier molecular flexibility index (Phi) is 2.80. The molecule has 0 saturated heterocycles. The zero-order chi connectivity index (χ0) is 11.6. The lowest BCUT2D eigenvalue weighted by Crippen LogP contribution is -2.14. The van der Waals surface area contributed by atoms with Gasteiger partial charge in [0.2, 0.25) is 0 Å². The van der Waals surface area contributed by atoms with Gasteiger partial charge in [-0.1, -0.05) is 18.2 Å². The molecular formula is C11H11NO3S. The number of rotatable bonds is 3. The number of hydrogen-bond donors (Lipinski definition) is 1. The summed E-state index contributed by atoms with van der Waals surface area (Å²) in [6.45, 7) is -0.306. The van der Waals surface area contributed by atoms with E-state index in [2.05, 4.69) is 0 Å². The Bertz CT molecular complexity index is 572. The molecule has 0 bridgehead atoms. The molecule has 0 spiro atoms. The Hall–Kier alpha value is -1.59. The van der Waals surface area contributed by atoms with Crippen molar-refractivity contribution in [3.05, 3.63) is 54.4 Å². The maximum atomic E-state index is 12.1. The molecule has 0 unspecified atom stereocenters. The summed E-state index contributed by atoms with van der Waals surface area (Å²) in [5, 5.41) is 9.03. The highest BCUT2D eigenvalue weighted by Gasteiger charge is 2.17. The van der Waals surface area contributed by atoms with Crippen molar-refractivity contribution in [1.29, 1.82) is 0 Å². The minimum absolute atomic E-state index is 0.209. The summed E-state index contributed by atoms with van der Waals surface area (Å²) in [6.07, 6.45) is 1.42. The van der Waals surface area contributed by atoms with Gasteiger partial charge in [-0.25, -0.2) is 12.4 Å². The fourth-order valence-electron chi connectivity index (χ4n) is 1.46. The number of hydrogen-bond acceptors (Lipinski definition) is 3. The fraction of sp³-hybridized carbons (Fsp3) is 0.0909. The minimum Gasteiger partial charge on any atom is -0.390 e. The molecule has 0 fully saturated rings. The number of benzene rings is 1. The number of nitrogens with zero attached hydrogens (tertiary/aromatic N) is 1. The molecule has 0 atom stereocenters.